The van der Waals surface area contributed by atoms with Crippen molar-refractivity contribution in [3.8, 4) is 0 Å². The molecule has 10 heavy (non-hydrogen) atoms. The maximum atomic E-state index is 10.1. The molecule has 0 fully saturated rings. The summed E-state index contributed by atoms with van der Waals surface area (Å²) < 4.78 is 0. The van der Waals surface area contributed by atoms with Gasteiger partial charge < -0.3 is 10.2 Å². The van der Waals surface area contributed by atoms with E-state index in [0.717, 1.165) is 25.5 Å². The topological polar surface area (TPSA) is 40.9 Å². The molecule has 58 valence electrons. The summed E-state index contributed by atoms with van der Waals surface area (Å²) in [5.41, 5.74) is 0.707. The molecule has 0 saturated heterocycles. The maximum Gasteiger partial charge on any atom is 0.122 e. The molecule has 0 saturated carbocycles. The van der Waals surface area contributed by atoms with Crippen molar-refractivity contribution in [1.29, 1.82) is 5.41 Å². The van der Waals surface area contributed by atoms with Gasteiger partial charge in [0.2, 0.25) is 0 Å². The van der Waals surface area contributed by atoms with E-state index in [9.17, 15) is 4.79 Å². The maximum absolute atomic E-state index is 10.1. The predicted molar refractivity (Wildman–Crippen MR) is 42.5 cm³/mol. The molecule has 0 aromatic rings. The summed E-state index contributed by atoms with van der Waals surface area (Å²) in [4.78, 5) is 10.1. The Hall–Kier alpha value is -0.660. The molecule has 1 atom stereocenters. The first-order chi connectivity index (χ1) is 4.66. The molecular formula is C8H15NO. The summed E-state index contributed by atoms with van der Waals surface area (Å²) in [5, 5.41) is 7.11. The van der Waals surface area contributed by atoms with Crippen molar-refractivity contribution in [3.63, 3.8) is 0 Å². The highest BCUT2D eigenvalue weighted by Gasteiger charge is 1.98. The van der Waals surface area contributed by atoms with Crippen molar-refractivity contribution >= 4 is 12.0 Å². The van der Waals surface area contributed by atoms with Gasteiger partial charge >= 0.3 is 0 Å². The zero-order chi connectivity index (χ0) is 7.98. The van der Waals surface area contributed by atoms with Gasteiger partial charge in [0.05, 0.1) is 0 Å². The minimum Gasteiger partial charge on any atom is -0.310 e. The highest BCUT2D eigenvalue weighted by Crippen LogP contribution is 2.04. The number of nitrogens with one attached hydrogen (secondary N) is 1. The first kappa shape index (κ1) is 9.34. The van der Waals surface area contributed by atoms with E-state index in [4.69, 9.17) is 5.41 Å². The predicted octanol–water partition coefficient (Wildman–Crippen LogP) is 2.03. The van der Waals surface area contributed by atoms with Gasteiger partial charge in [-0.05, 0) is 26.2 Å². The van der Waals surface area contributed by atoms with Crippen LogP contribution < -0.4 is 0 Å². The van der Waals surface area contributed by atoms with Gasteiger partial charge in [-0.25, -0.2) is 0 Å². The number of hydrogen-bond donors (Lipinski definition) is 1. The first-order valence-electron chi connectivity index (χ1n) is 3.66. The summed E-state index contributed by atoms with van der Waals surface area (Å²) >= 11 is 0. The first-order valence-corrected chi connectivity index (χ1v) is 3.66. The summed E-state index contributed by atoms with van der Waals surface area (Å²) in [7, 11) is 0. The van der Waals surface area contributed by atoms with E-state index in [-0.39, 0.29) is 5.92 Å². The molecular weight excluding hydrogens is 126 g/mol. The van der Waals surface area contributed by atoms with E-state index in [1.165, 1.54) is 0 Å². The zero-order valence-corrected chi connectivity index (χ0v) is 6.68. The van der Waals surface area contributed by atoms with Gasteiger partial charge in [-0.3, -0.25) is 0 Å². The Morgan fingerprint density at radius 2 is 2.30 bits per heavy atom. The quantitative estimate of drug-likeness (QED) is 0.462. The average molecular weight is 141 g/mol. The largest absolute Gasteiger partial charge is 0.310 e. The molecule has 0 aromatic carbocycles. The van der Waals surface area contributed by atoms with Crippen molar-refractivity contribution in [1.82, 2.24) is 0 Å². The molecule has 0 aromatic heterocycles. The number of rotatable bonds is 5. The Bertz CT molecular complexity index is 120. The number of hydrogen-bond acceptors (Lipinski definition) is 2. The van der Waals surface area contributed by atoms with Crippen molar-refractivity contribution in [3.05, 3.63) is 0 Å². The molecule has 0 unspecified atom stereocenters. The number of carbonyl (C=O) groups is 1. The molecule has 1 N–H and O–H groups in total. The second kappa shape index (κ2) is 5.15. The standard InChI is InChI=1S/C8H15NO/c1-7(6-10)4-3-5-8(2)9/h6-7,9H,3-5H2,1-2H3/t7-/m0/s1. The summed E-state index contributed by atoms with van der Waals surface area (Å²) in [6.07, 6.45) is 3.69. The Morgan fingerprint density at radius 3 is 2.70 bits per heavy atom. The molecule has 0 aliphatic carbocycles. The molecule has 0 heterocycles. The van der Waals surface area contributed by atoms with Crippen LogP contribution in [0.2, 0.25) is 0 Å². The second-order valence-electron chi connectivity index (χ2n) is 2.79. The van der Waals surface area contributed by atoms with E-state index < -0.39 is 0 Å². The van der Waals surface area contributed by atoms with Crippen LogP contribution in [0.5, 0.6) is 0 Å². The van der Waals surface area contributed by atoms with E-state index in [1.54, 1.807) is 6.92 Å². The molecule has 0 amide bonds. The van der Waals surface area contributed by atoms with Crippen LogP contribution in [0.25, 0.3) is 0 Å². The lowest BCUT2D eigenvalue weighted by molar-refractivity contribution is -0.110. The van der Waals surface area contributed by atoms with Crippen LogP contribution in [0.1, 0.15) is 33.1 Å². The molecule has 0 aliphatic heterocycles. The fourth-order valence-electron chi connectivity index (χ4n) is 0.757. The Labute approximate surface area is 62.1 Å². The highest BCUT2D eigenvalue weighted by molar-refractivity contribution is 5.78. The van der Waals surface area contributed by atoms with Gasteiger partial charge in [0.15, 0.2) is 0 Å². The molecule has 0 spiro atoms. The van der Waals surface area contributed by atoms with Gasteiger partial charge in [-0.15, -0.1) is 0 Å². The summed E-state index contributed by atoms with van der Waals surface area (Å²) in [5.74, 6) is 0.166. The summed E-state index contributed by atoms with van der Waals surface area (Å²) in [6, 6.07) is 0. The minimum atomic E-state index is 0.166. The van der Waals surface area contributed by atoms with E-state index in [0.29, 0.717) is 5.71 Å². The van der Waals surface area contributed by atoms with Gasteiger partial charge in [0.1, 0.15) is 6.29 Å². The SMILES string of the molecule is CC(=N)CCC[C@H](C)C=O. The third kappa shape index (κ3) is 5.48. The van der Waals surface area contributed by atoms with Crippen LogP contribution in [0.15, 0.2) is 0 Å². The van der Waals surface area contributed by atoms with Gasteiger partial charge in [0.25, 0.3) is 0 Å². The number of aldehydes is 1. The lowest BCUT2D eigenvalue weighted by Crippen LogP contribution is -1.97. The molecule has 2 nitrogen and oxygen atoms in total. The Morgan fingerprint density at radius 1 is 1.70 bits per heavy atom. The summed E-state index contributed by atoms with van der Waals surface area (Å²) in [6.45, 7) is 3.71. The fraction of sp³-hybridized carbons (Fsp3) is 0.750. The average Bonchev–Trinajstić information content (AvgIpc) is 1.87. The molecule has 0 bridgehead atoms. The van der Waals surface area contributed by atoms with Crippen LogP contribution in [0.3, 0.4) is 0 Å². The lowest BCUT2D eigenvalue weighted by atomic mass is 10.0. The fourth-order valence-corrected chi connectivity index (χ4v) is 0.757. The zero-order valence-electron chi connectivity index (χ0n) is 6.68. The third-order valence-electron chi connectivity index (χ3n) is 1.44. The van der Waals surface area contributed by atoms with Crippen molar-refractivity contribution in [2.24, 2.45) is 5.92 Å². The van der Waals surface area contributed by atoms with Gasteiger partial charge in [0, 0.05) is 11.6 Å². The number of carbonyl (C=O) groups excluding carboxylic acids is 1. The normalized spacial score (nSPS) is 12.6. The van der Waals surface area contributed by atoms with E-state index in [2.05, 4.69) is 0 Å². The Kier molecular flexibility index (Phi) is 4.81. The molecule has 0 aliphatic rings. The van der Waals surface area contributed by atoms with Crippen molar-refractivity contribution < 1.29 is 4.79 Å². The molecule has 0 radical (unpaired) electrons. The van der Waals surface area contributed by atoms with Crippen LogP contribution in [0.4, 0.5) is 0 Å². The monoisotopic (exact) mass is 141 g/mol. The smallest absolute Gasteiger partial charge is 0.122 e. The van der Waals surface area contributed by atoms with Crippen LogP contribution in [-0.4, -0.2) is 12.0 Å². The second-order valence-corrected chi connectivity index (χ2v) is 2.79. The molecule has 2 heteroatoms. The van der Waals surface area contributed by atoms with Gasteiger partial charge in [-0.2, -0.15) is 0 Å². The van der Waals surface area contributed by atoms with Crippen molar-refractivity contribution in [2.45, 2.75) is 33.1 Å². The van der Waals surface area contributed by atoms with Crippen LogP contribution in [0, 0.1) is 11.3 Å². The van der Waals surface area contributed by atoms with Crippen molar-refractivity contribution in [2.75, 3.05) is 0 Å². The van der Waals surface area contributed by atoms with E-state index >= 15 is 0 Å². The highest BCUT2D eigenvalue weighted by atomic mass is 16.1. The van der Waals surface area contributed by atoms with Crippen LogP contribution >= 0.6 is 0 Å². The third-order valence-corrected chi connectivity index (χ3v) is 1.44. The Balaban J connectivity index is 3.19. The lowest BCUT2D eigenvalue weighted by Gasteiger charge is -2.00. The van der Waals surface area contributed by atoms with Crippen LogP contribution in [-0.2, 0) is 4.79 Å². The van der Waals surface area contributed by atoms with E-state index in [1.807, 2.05) is 6.92 Å². The minimum absolute atomic E-state index is 0.166. The molecule has 0 rings (SSSR count). The van der Waals surface area contributed by atoms with Gasteiger partial charge in [-0.1, -0.05) is 6.92 Å².